The predicted octanol–water partition coefficient (Wildman–Crippen LogP) is 3.08. The summed E-state index contributed by atoms with van der Waals surface area (Å²) >= 11 is 0. The molecule has 0 radical (unpaired) electrons. The van der Waals surface area contributed by atoms with Gasteiger partial charge in [-0.25, -0.2) is 0 Å². The van der Waals surface area contributed by atoms with Crippen LogP contribution < -0.4 is 27.4 Å². The first kappa shape index (κ1) is 33.6. The quantitative estimate of drug-likeness (QED) is 0.107. The molecule has 0 aliphatic carbocycles. The van der Waals surface area contributed by atoms with Crippen molar-refractivity contribution < 1.29 is 23.9 Å². The van der Waals surface area contributed by atoms with Crippen LogP contribution in [0.4, 0.5) is 11.4 Å². The Morgan fingerprint density at radius 2 is 1.26 bits per heavy atom. The molecule has 2 aromatic carbocycles. The van der Waals surface area contributed by atoms with Gasteiger partial charge in [0.2, 0.25) is 17.7 Å². The molecule has 1 saturated heterocycles. The van der Waals surface area contributed by atoms with Gasteiger partial charge >= 0.3 is 0 Å². The Balaban J connectivity index is 1.84. The molecule has 234 valence electrons. The Hall–Kier alpha value is -3.92. The number of nitrogen functional groups attached to an aromatic ring is 2. The first-order chi connectivity index (χ1) is 20.4. The van der Waals surface area contributed by atoms with E-state index in [0.717, 1.165) is 24.0 Å². The Morgan fingerprint density at radius 3 is 1.70 bits per heavy atom. The van der Waals surface area contributed by atoms with Crippen LogP contribution in [0, 0.1) is 5.92 Å². The highest BCUT2D eigenvalue weighted by Crippen LogP contribution is 2.29. The topological polar surface area (TPSA) is 169 Å². The standard InChI is InChI=1S/C33H47N5O5/c1-5-6-7-8-29(39)36-27(18-22-9-13-24(34)14-10-22)31(41)38-28(19-23-11-15-25(35)16-12-23)32(42)37-26(17-21(2)3)30(40)33(4)20-43-33/h9-16,21,26-28H,5-8,17-20,34-35H2,1-4H3,(H,36,39)(H,37,42)(H,38,41). The SMILES string of the molecule is CCCCCC(=O)NC(Cc1ccc(N)cc1)C(=O)NC(Cc1ccc(N)cc1)C(=O)NC(CC(C)C)C(=O)C1(C)CO1. The minimum atomic E-state index is -1.02. The van der Waals surface area contributed by atoms with E-state index < -0.39 is 35.5 Å². The molecule has 10 heteroatoms. The maximum atomic E-state index is 13.8. The summed E-state index contributed by atoms with van der Waals surface area (Å²) in [5.41, 5.74) is 13.5. The van der Waals surface area contributed by atoms with Crippen molar-refractivity contribution >= 4 is 34.9 Å². The van der Waals surface area contributed by atoms with Crippen molar-refractivity contribution in [2.75, 3.05) is 18.1 Å². The van der Waals surface area contributed by atoms with E-state index in [4.69, 9.17) is 16.2 Å². The lowest BCUT2D eigenvalue weighted by atomic mass is 9.93. The van der Waals surface area contributed by atoms with Gasteiger partial charge in [-0.05, 0) is 61.1 Å². The number of ether oxygens (including phenoxy) is 1. The van der Waals surface area contributed by atoms with Crippen molar-refractivity contribution in [1.29, 1.82) is 0 Å². The van der Waals surface area contributed by atoms with Crippen LogP contribution in [0.5, 0.6) is 0 Å². The highest BCUT2D eigenvalue weighted by atomic mass is 16.6. The molecule has 0 saturated carbocycles. The summed E-state index contributed by atoms with van der Waals surface area (Å²) in [5, 5.41) is 8.63. The second kappa shape index (κ2) is 15.5. The van der Waals surface area contributed by atoms with E-state index in [-0.39, 0.29) is 30.4 Å². The van der Waals surface area contributed by atoms with Crippen LogP contribution in [-0.2, 0) is 36.8 Å². The summed E-state index contributed by atoms with van der Waals surface area (Å²) in [7, 11) is 0. The molecule has 3 amide bonds. The molecule has 0 aromatic heterocycles. The fraction of sp³-hybridized carbons (Fsp3) is 0.515. The number of Topliss-reactive ketones (excluding diaryl/α,β-unsaturated/α-hetero) is 1. The summed E-state index contributed by atoms with van der Waals surface area (Å²) in [5.74, 6) is -1.28. The normalized spacial score (nSPS) is 17.9. The molecule has 4 atom stereocenters. The van der Waals surface area contributed by atoms with E-state index in [1.807, 2.05) is 13.8 Å². The highest BCUT2D eigenvalue weighted by Gasteiger charge is 2.50. The molecule has 1 aliphatic heterocycles. The molecular formula is C33H47N5O5. The first-order valence-corrected chi connectivity index (χ1v) is 15.2. The zero-order valence-electron chi connectivity index (χ0n) is 25.8. The minimum Gasteiger partial charge on any atom is -0.399 e. The summed E-state index contributed by atoms with van der Waals surface area (Å²) in [6, 6.07) is 11.4. The molecule has 43 heavy (non-hydrogen) atoms. The number of hydrogen-bond acceptors (Lipinski definition) is 7. The number of epoxide rings is 1. The summed E-state index contributed by atoms with van der Waals surface area (Å²) < 4.78 is 5.37. The molecule has 1 fully saturated rings. The first-order valence-electron chi connectivity index (χ1n) is 15.2. The number of ketones is 1. The van der Waals surface area contributed by atoms with E-state index in [1.54, 1.807) is 55.5 Å². The van der Waals surface area contributed by atoms with Crippen LogP contribution >= 0.6 is 0 Å². The average Bonchev–Trinajstić information content (AvgIpc) is 3.72. The number of hydrogen-bond donors (Lipinski definition) is 5. The average molecular weight is 594 g/mol. The lowest BCUT2D eigenvalue weighted by Gasteiger charge is -2.27. The van der Waals surface area contributed by atoms with Gasteiger partial charge in [-0.1, -0.05) is 57.9 Å². The fourth-order valence-electron chi connectivity index (χ4n) is 4.87. The van der Waals surface area contributed by atoms with Gasteiger partial charge in [-0.2, -0.15) is 0 Å². The molecule has 7 N–H and O–H groups in total. The summed E-state index contributed by atoms with van der Waals surface area (Å²) in [6.07, 6.45) is 3.70. The Labute approximate surface area is 254 Å². The van der Waals surface area contributed by atoms with Gasteiger partial charge < -0.3 is 32.2 Å². The van der Waals surface area contributed by atoms with E-state index in [0.29, 0.717) is 37.2 Å². The van der Waals surface area contributed by atoms with Crippen molar-refractivity contribution in [2.24, 2.45) is 5.92 Å². The molecule has 0 spiro atoms. The van der Waals surface area contributed by atoms with Crippen LogP contribution in [-0.4, -0.2) is 53.8 Å². The van der Waals surface area contributed by atoms with Gasteiger partial charge in [0.25, 0.3) is 0 Å². The van der Waals surface area contributed by atoms with Crippen LogP contribution in [0.2, 0.25) is 0 Å². The van der Waals surface area contributed by atoms with E-state index >= 15 is 0 Å². The Morgan fingerprint density at radius 1 is 0.791 bits per heavy atom. The van der Waals surface area contributed by atoms with Crippen LogP contribution in [0.1, 0.15) is 70.9 Å². The fourth-order valence-corrected chi connectivity index (χ4v) is 4.87. The number of amides is 3. The number of carbonyl (C=O) groups is 4. The number of nitrogens with one attached hydrogen (secondary N) is 3. The maximum Gasteiger partial charge on any atom is 0.243 e. The third-order valence-corrected chi connectivity index (χ3v) is 7.57. The van der Waals surface area contributed by atoms with Crippen LogP contribution in [0.25, 0.3) is 0 Å². The van der Waals surface area contributed by atoms with Gasteiger partial charge in [-0.15, -0.1) is 0 Å². The van der Waals surface area contributed by atoms with E-state index in [2.05, 4.69) is 22.9 Å². The number of benzene rings is 2. The number of anilines is 2. The monoisotopic (exact) mass is 593 g/mol. The highest BCUT2D eigenvalue weighted by molar-refractivity contribution is 5.98. The minimum absolute atomic E-state index is 0.133. The van der Waals surface area contributed by atoms with Crippen molar-refractivity contribution in [1.82, 2.24) is 16.0 Å². The maximum absolute atomic E-state index is 13.8. The lowest BCUT2D eigenvalue weighted by Crippen LogP contribution is -2.57. The third kappa shape index (κ3) is 10.7. The summed E-state index contributed by atoms with van der Waals surface area (Å²) in [4.78, 5) is 53.5. The molecule has 0 bridgehead atoms. The molecular weight excluding hydrogens is 546 g/mol. The molecule has 4 unspecified atom stereocenters. The second-order valence-corrected chi connectivity index (χ2v) is 12.1. The molecule has 3 rings (SSSR count). The number of carbonyl (C=O) groups excluding carboxylic acids is 4. The van der Waals surface area contributed by atoms with Crippen molar-refractivity contribution in [3.05, 3.63) is 59.7 Å². The van der Waals surface area contributed by atoms with E-state index in [9.17, 15) is 19.2 Å². The summed E-state index contributed by atoms with van der Waals surface area (Å²) in [6.45, 7) is 8.03. The zero-order valence-corrected chi connectivity index (χ0v) is 25.8. The van der Waals surface area contributed by atoms with Gasteiger partial charge in [0, 0.05) is 30.6 Å². The number of rotatable bonds is 17. The number of nitrogens with two attached hydrogens (primary N) is 2. The van der Waals surface area contributed by atoms with Gasteiger partial charge in [0.1, 0.15) is 17.7 Å². The van der Waals surface area contributed by atoms with Crippen molar-refractivity contribution in [3.63, 3.8) is 0 Å². The van der Waals surface area contributed by atoms with E-state index in [1.165, 1.54) is 0 Å². The van der Waals surface area contributed by atoms with Gasteiger partial charge in [0.15, 0.2) is 5.78 Å². The number of unbranched alkanes of at least 4 members (excludes halogenated alkanes) is 2. The van der Waals surface area contributed by atoms with Gasteiger partial charge in [-0.3, -0.25) is 19.2 Å². The largest absolute Gasteiger partial charge is 0.399 e. The lowest BCUT2D eigenvalue weighted by molar-refractivity contribution is -0.134. The second-order valence-electron chi connectivity index (χ2n) is 12.1. The molecule has 10 nitrogen and oxygen atoms in total. The van der Waals surface area contributed by atoms with Gasteiger partial charge in [0.05, 0.1) is 12.6 Å². The van der Waals surface area contributed by atoms with Crippen molar-refractivity contribution in [2.45, 2.75) is 96.4 Å². The molecule has 2 aromatic rings. The smallest absolute Gasteiger partial charge is 0.243 e. The van der Waals surface area contributed by atoms with Crippen LogP contribution in [0.3, 0.4) is 0 Å². The molecule has 1 heterocycles. The predicted molar refractivity (Wildman–Crippen MR) is 168 cm³/mol. The Bertz CT molecular complexity index is 1240. The Kier molecular flexibility index (Phi) is 12.1. The van der Waals surface area contributed by atoms with Crippen LogP contribution in [0.15, 0.2) is 48.5 Å². The zero-order chi connectivity index (χ0) is 31.6. The third-order valence-electron chi connectivity index (χ3n) is 7.57. The molecule has 1 aliphatic rings. The van der Waals surface area contributed by atoms with Crippen molar-refractivity contribution in [3.8, 4) is 0 Å².